The number of aromatic amines is 1. The number of rotatable bonds is 8. The molecule has 222 valence electrons. The number of carbonyl (C=O) groups excluding carboxylic acids is 2. The van der Waals surface area contributed by atoms with Gasteiger partial charge in [-0.25, -0.2) is 4.79 Å². The number of nitrogens with one attached hydrogen (secondary N) is 2. The third kappa shape index (κ3) is 6.74. The zero-order valence-corrected chi connectivity index (χ0v) is 24.0. The van der Waals surface area contributed by atoms with Gasteiger partial charge in [-0.3, -0.25) is 9.89 Å². The molecule has 1 aromatic heterocycles. The van der Waals surface area contributed by atoms with Crippen LogP contribution in [0.25, 0.3) is 11.1 Å². The number of amides is 2. The van der Waals surface area contributed by atoms with Crippen molar-refractivity contribution in [3.05, 3.63) is 90.3 Å². The fourth-order valence-electron chi connectivity index (χ4n) is 5.40. The number of methoxy groups -OCH3 is 1. The Morgan fingerprint density at radius 1 is 1.09 bits per heavy atom. The first-order valence-electron chi connectivity index (χ1n) is 14.4. The standard InChI is InChI=1S/C33H34N4O6/c1-40-27-10-12-30-24(15-27)14-25(21-41-30)32(38)36-29-11-9-23(26-17-34-35-18-26)16-31(29)43-28-8-5-13-37(19-28)33(39)42-20-22-6-3-2-4-7-22/h2-4,6-7,9-12,15-18,25,28H,5,8,13-14,19-21H2,1H3,(H,34,35)(H,36,38). The highest BCUT2D eigenvalue weighted by molar-refractivity contribution is 5.95. The van der Waals surface area contributed by atoms with Crippen LogP contribution in [0.3, 0.4) is 0 Å². The van der Waals surface area contributed by atoms with Crippen LogP contribution in [0.1, 0.15) is 24.0 Å². The van der Waals surface area contributed by atoms with Crippen molar-refractivity contribution in [3.8, 4) is 28.4 Å². The Kier molecular flexibility index (Phi) is 8.44. The van der Waals surface area contributed by atoms with Gasteiger partial charge in [0.2, 0.25) is 5.91 Å². The molecule has 3 heterocycles. The molecule has 0 aliphatic carbocycles. The van der Waals surface area contributed by atoms with Crippen LogP contribution in [0.4, 0.5) is 10.5 Å². The molecular weight excluding hydrogens is 548 g/mol. The van der Waals surface area contributed by atoms with Crippen molar-refractivity contribution in [2.24, 2.45) is 5.92 Å². The van der Waals surface area contributed by atoms with Crippen molar-refractivity contribution in [2.75, 3.05) is 32.1 Å². The predicted octanol–water partition coefficient (Wildman–Crippen LogP) is 5.46. The number of benzene rings is 3. The summed E-state index contributed by atoms with van der Waals surface area (Å²) < 4.78 is 23.3. The van der Waals surface area contributed by atoms with Crippen LogP contribution >= 0.6 is 0 Å². The largest absolute Gasteiger partial charge is 0.497 e. The second kappa shape index (κ2) is 12.9. The van der Waals surface area contributed by atoms with Crippen molar-refractivity contribution >= 4 is 17.7 Å². The number of ether oxygens (including phenoxy) is 4. The van der Waals surface area contributed by atoms with Gasteiger partial charge in [0.1, 0.15) is 36.6 Å². The van der Waals surface area contributed by atoms with Gasteiger partial charge >= 0.3 is 6.09 Å². The quantitative estimate of drug-likeness (QED) is 0.284. The maximum absolute atomic E-state index is 13.5. The molecule has 0 saturated carbocycles. The van der Waals surface area contributed by atoms with E-state index in [9.17, 15) is 9.59 Å². The molecule has 6 rings (SSSR count). The van der Waals surface area contributed by atoms with E-state index >= 15 is 0 Å². The summed E-state index contributed by atoms with van der Waals surface area (Å²) in [5.74, 6) is 1.46. The van der Waals surface area contributed by atoms with Crippen molar-refractivity contribution in [2.45, 2.75) is 32.0 Å². The van der Waals surface area contributed by atoms with Gasteiger partial charge in [0.05, 0.1) is 31.5 Å². The Morgan fingerprint density at radius 3 is 2.79 bits per heavy atom. The number of carbonyl (C=O) groups is 2. The fourth-order valence-corrected chi connectivity index (χ4v) is 5.40. The zero-order valence-electron chi connectivity index (χ0n) is 24.0. The van der Waals surface area contributed by atoms with Crippen LogP contribution < -0.4 is 19.5 Å². The molecule has 1 fully saturated rings. The molecule has 2 unspecified atom stereocenters. The highest BCUT2D eigenvalue weighted by Gasteiger charge is 2.29. The summed E-state index contributed by atoms with van der Waals surface area (Å²) in [5.41, 5.74) is 4.20. The van der Waals surface area contributed by atoms with E-state index in [1.807, 2.05) is 66.7 Å². The Hall–Kier alpha value is -4.99. The second-order valence-corrected chi connectivity index (χ2v) is 10.7. The lowest BCUT2D eigenvalue weighted by molar-refractivity contribution is -0.121. The molecule has 3 aromatic carbocycles. The average Bonchev–Trinajstić information content (AvgIpc) is 3.60. The number of aromatic nitrogens is 2. The molecule has 43 heavy (non-hydrogen) atoms. The summed E-state index contributed by atoms with van der Waals surface area (Å²) in [6, 6.07) is 20.9. The van der Waals surface area contributed by atoms with E-state index < -0.39 is 0 Å². The third-order valence-corrected chi connectivity index (χ3v) is 7.75. The molecule has 2 N–H and O–H groups in total. The normalized spacial score (nSPS) is 17.7. The monoisotopic (exact) mass is 582 g/mol. The van der Waals surface area contributed by atoms with Crippen LogP contribution in [0.5, 0.6) is 17.2 Å². The molecular formula is C33H34N4O6. The van der Waals surface area contributed by atoms with Crippen LogP contribution in [0, 0.1) is 5.92 Å². The van der Waals surface area contributed by atoms with E-state index in [1.165, 1.54) is 0 Å². The third-order valence-electron chi connectivity index (χ3n) is 7.75. The average molecular weight is 583 g/mol. The van der Waals surface area contributed by atoms with E-state index in [4.69, 9.17) is 18.9 Å². The molecule has 4 aromatic rings. The number of H-pyrrole nitrogens is 1. The summed E-state index contributed by atoms with van der Waals surface area (Å²) in [4.78, 5) is 28.0. The Morgan fingerprint density at radius 2 is 1.98 bits per heavy atom. The Bertz CT molecular complexity index is 1560. The second-order valence-electron chi connectivity index (χ2n) is 10.7. The van der Waals surface area contributed by atoms with Crippen LogP contribution in [0.2, 0.25) is 0 Å². The maximum atomic E-state index is 13.5. The van der Waals surface area contributed by atoms with Gasteiger partial charge in [-0.05, 0) is 66.3 Å². The Labute approximate surface area is 249 Å². The summed E-state index contributed by atoms with van der Waals surface area (Å²) in [5, 5.41) is 9.96. The summed E-state index contributed by atoms with van der Waals surface area (Å²) in [6.07, 6.45) is 4.96. The lowest BCUT2D eigenvalue weighted by Crippen LogP contribution is -2.44. The number of likely N-dealkylation sites (tertiary alicyclic amines) is 1. The first-order valence-corrected chi connectivity index (χ1v) is 14.4. The van der Waals surface area contributed by atoms with Gasteiger partial charge in [-0.15, -0.1) is 0 Å². The van der Waals surface area contributed by atoms with Gasteiger partial charge in [0.25, 0.3) is 0 Å². The topological polar surface area (TPSA) is 115 Å². The molecule has 0 radical (unpaired) electrons. The van der Waals surface area contributed by atoms with E-state index in [1.54, 1.807) is 24.4 Å². The predicted molar refractivity (Wildman–Crippen MR) is 160 cm³/mol. The molecule has 2 atom stereocenters. The van der Waals surface area contributed by atoms with Crippen LogP contribution in [0.15, 0.2) is 79.1 Å². The summed E-state index contributed by atoms with van der Waals surface area (Å²) >= 11 is 0. The van der Waals surface area contributed by atoms with E-state index in [0.717, 1.165) is 46.6 Å². The minimum Gasteiger partial charge on any atom is -0.497 e. The number of hydrogen-bond donors (Lipinski definition) is 2. The maximum Gasteiger partial charge on any atom is 0.410 e. The van der Waals surface area contributed by atoms with Gasteiger partial charge in [0, 0.05) is 18.3 Å². The number of anilines is 1. The fraction of sp³-hybridized carbons (Fsp3) is 0.303. The number of hydrogen-bond acceptors (Lipinski definition) is 7. The SMILES string of the molecule is COc1ccc2c(c1)CC(C(=O)Nc1ccc(-c3cn[nH]c3)cc1OC1CCCN(C(=O)OCc3ccccc3)C1)CO2. The Balaban J connectivity index is 1.16. The van der Waals surface area contributed by atoms with Crippen molar-refractivity contribution in [3.63, 3.8) is 0 Å². The molecule has 10 heteroatoms. The van der Waals surface area contributed by atoms with Crippen LogP contribution in [-0.2, 0) is 22.6 Å². The van der Waals surface area contributed by atoms with Gasteiger partial charge in [0.15, 0.2) is 0 Å². The van der Waals surface area contributed by atoms with Crippen molar-refractivity contribution in [1.82, 2.24) is 15.1 Å². The molecule has 1 saturated heterocycles. The van der Waals surface area contributed by atoms with E-state index in [2.05, 4.69) is 15.5 Å². The van der Waals surface area contributed by atoms with Gasteiger partial charge in [-0.2, -0.15) is 5.10 Å². The first kappa shape index (κ1) is 28.1. The first-order chi connectivity index (χ1) is 21.1. The number of nitrogens with zero attached hydrogens (tertiary/aromatic N) is 2. The van der Waals surface area contributed by atoms with Crippen molar-refractivity contribution < 1.29 is 28.5 Å². The van der Waals surface area contributed by atoms with Gasteiger partial charge < -0.3 is 29.2 Å². The highest BCUT2D eigenvalue weighted by atomic mass is 16.6. The number of fused-ring (bicyclic) bond motifs is 1. The smallest absolute Gasteiger partial charge is 0.410 e. The molecule has 2 aliphatic heterocycles. The number of piperidine rings is 1. The minimum absolute atomic E-state index is 0.163. The lowest BCUT2D eigenvalue weighted by atomic mass is 9.95. The molecule has 10 nitrogen and oxygen atoms in total. The minimum atomic E-state index is -0.384. The molecule has 0 spiro atoms. The van der Waals surface area contributed by atoms with Crippen LogP contribution in [-0.4, -0.2) is 60.0 Å². The highest BCUT2D eigenvalue weighted by Crippen LogP contribution is 2.35. The van der Waals surface area contributed by atoms with E-state index in [-0.39, 0.29) is 37.2 Å². The molecule has 2 amide bonds. The zero-order chi connectivity index (χ0) is 29.6. The lowest BCUT2D eigenvalue weighted by Gasteiger charge is -2.33. The molecule has 0 bridgehead atoms. The summed E-state index contributed by atoms with van der Waals surface area (Å²) in [7, 11) is 1.61. The van der Waals surface area contributed by atoms with Gasteiger partial charge in [-0.1, -0.05) is 36.4 Å². The molecule has 2 aliphatic rings. The van der Waals surface area contributed by atoms with E-state index in [0.29, 0.717) is 30.9 Å². The van der Waals surface area contributed by atoms with Crippen molar-refractivity contribution in [1.29, 1.82) is 0 Å². The summed E-state index contributed by atoms with van der Waals surface area (Å²) in [6.45, 7) is 1.47.